The molecule has 0 bridgehead atoms. The maximum atomic E-state index is 13.1. The molecule has 0 spiro atoms. The molecule has 1 aliphatic heterocycles. The predicted molar refractivity (Wildman–Crippen MR) is 113 cm³/mol. The van der Waals surface area contributed by atoms with Gasteiger partial charge in [-0.15, -0.1) is 0 Å². The lowest BCUT2D eigenvalue weighted by Crippen LogP contribution is -2.42. The Kier molecular flexibility index (Phi) is 6.12. The molecule has 0 aromatic heterocycles. The van der Waals surface area contributed by atoms with E-state index in [2.05, 4.69) is 5.32 Å². The first-order chi connectivity index (χ1) is 13.2. The number of anilines is 1. The minimum atomic E-state index is -3.64. The molecule has 0 aliphatic carbocycles. The number of sulfonamides is 1. The van der Waals surface area contributed by atoms with Crippen LogP contribution in [0.25, 0.3) is 0 Å². The van der Waals surface area contributed by atoms with Gasteiger partial charge >= 0.3 is 0 Å². The van der Waals surface area contributed by atoms with Gasteiger partial charge < -0.3 is 5.32 Å². The van der Waals surface area contributed by atoms with Crippen molar-refractivity contribution in [3.63, 3.8) is 0 Å². The molecule has 2 aromatic rings. The highest BCUT2D eigenvalue weighted by Crippen LogP contribution is 2.28. The Morgan fingerprint density at radius 1 is 1.18 bits per heavy atom. The molecular weight excluding hydrogens is 396 g/mol. The predicted octanol–water partition coefficient (Wildman–Crippen LogP) is 4.77. The fourth-order valence-electron chi connectivity index (χ4n) is 3.50. The minimum absolute atomic E-state index is 0.0357. The lowest BCUT2D eigenvalue weighted by atomic mass is 10.1. The van der Waals surface area contributed by atoms with Crippen molar-refractivity contribution in [2.45, 2.75) is 51.0 Å². The zero-order chi connectivity index (χ0) is 20.5. The highest BCUT2D eigenvalue weighted by molar-refractivity contribution is 7.89. The van der Waals surface area contributed by atoms with Crippen molar-refractivity contribution in [2.75, 3.05) is 11.9 Å². The van der Waals surface area contributed by atoms with Gasteiger partial charge in [-0.2, -0.15) is 4.31 Å². The minimum Gasteiger partial charge on any atom is -0.322 e. The molecule has 1 N–H and O–H groups in total. The van der Waals surface area contributed by atoms with E-state index in [1.807, 2.05) is 13.8 Å². The number of amides is 1. The molecule has 28 heavy (non-hydrogen) atoms. The molecule has 5 nitrogen and oxygen atoms in total. The quantitative estimate of drug-likeness (QED) is 0.774. The van der Waals surface area contributed by atoms with E-state index in [0.29, 0.717) is 28.4 Å². The van der Waals surface area contributed by atoms with Gasteiger partial charge in [0, 0.05) is 28.9 Å². The van der Waals surface area contributed by atoms with Gasteiger partial charge in [0.1, 0.15) is 0 Å². The average Bonchev–Trinajstić information content (AvgIpc) is 2.65. The molecule has 0 saturated carbocycles. The van der Waals surface area contributed by atoms with Gasteiger partial charge in [0.25, 0.3) is 5.91 Å². The second-order valence-electron chi connectivity index (χ2n) is 7.30. The van der Waals surface area contributed by atoms with Gasteiger partial charge in [0.05, 0.1) is 4.90 Å². The normalized spacial score (nSPS) is 18.1. The van der Waals surface area contributed by atoms with Crippen molar-refractivity contribution in [3.8, 4) is 0 Å². The van der Waals surface area contributed by atoms with Gasteiger partial charge in [-0.25, -0.2) is 8.42 Å². The van der Waals surface area contributed by atoms with Crippen LogP contribution in [0.3, 0.4) is 0 Å². The summed E-state index contributed by atoms with van der Waals surface area (Å²) in [6.45, 7) is 6.06. The highest BCUT2D eigenvalue weighted by atomic mass is 35.5. The molecule has 2 aromatic carbocycles. The number of carbonyl (C=O) groups excluding carboxylic acids is 1. The average molecular weight is 421 g/mol. The number of hydrogen-bond donors (Lipinski definition) is 1. The van der Waals surface area contributed by atoms with Gasteiger partial charge in [-0.05, 0) is 69.0 Å². The molecule has 3 rings (SSSR count). The van der Waals surface area contributed by atoms with Crippen LogP contribution in [0, 0.1) is 13.8 Å². The number of halogens is 1. The molecular formula is C21H25ClN2O3S. The molecule has 150 valence electrons. The molecule has 1 aliphatic rings. The number of nitrogens with one attached hydrogen (secondary N) is 1. The number of rotatable bonds is 4. The van der Waals surface area contributed by atoms with E-state index < -0.39 is 10.0 Å². The highest BCUT2D eigenvalue weighted by Gasteiger charge is 2.31. The maximum absolute atomic E-state index is 13.1. The topological polar surface area (TPSA) is 66.5 Å². The Hall–Kier alpha value is -1.89. The lowest BCUT2D eigenvalue weighted by molar-refractivity contribution is 0.102. The van der Waals surface area contributed by atoms with Crippen LogP contribution in [0.15, 0.2) is 41.3 Å². The van der Waals surface area contributed by atoms with Gasteiger partial charge in [-0.3, -0.25) is 4.79 Å². The van der Waals surface area contributed by atoms with Crippen LogP contribution < -0.4 is 5.32 Å². The zero-order valence-corrected chi connectivity index (χ0v) is 17.9. The summed E-state index contributed by atoms with van der Waals surface area (Å²) in [7, 11) is -3.64. The van der Waals surface area contributed by atoms with Crippen LogP contribution in [0.1, 0.15) is 47.7 Å². The van der Waals surface area contributed by atoms with Crippen molar-refractivity contribution in [1.29, 1.82) is 0 Å². The van der Waals surface area contributed by atoms with E-state index in [0.717, 1.165) is 24.8 Å². The van der Waals surface area contributed by atoms with Crippen molar-refractivity contribution in [3.05, 3.63) is 58.1 Å². The summed E-state index contributed by atoms with van der Waals surface area (Å²) in [5.41, 5.74) is 2.42. The van der Waals surface area contributed by atoms with Crippen LogP contribution in [0.2, 0.25) is 5.02 Å². The molecule has 1 atom stereocenters. The third-order valence-electron chi connectivity index (χ3n) is 5.32. The van der Waals surface area contributed by atoms with E-state index in [-0.39, 0.29) is 16.8 Å². The number of nitrogens with zero attached hydrogens (tertiary/aromatic N) is 1. The molecule has 7 heteroatoms. The first kappa shape index (κ1) is 20.8. The van der Waals surface area contributed by atoms with Gasteiger partial charge in [0.2, 0.25) is 10.0 Å². The fraction of sp³-hybridized carbons (Fsp3) is 0.381. The van der Waals surface area contributed by atoms with Gasteiger partial charge in [-0.1, -0.05) is 30.2 Å². The molecule has 1 fully saturated rings. The summed E-state index contributed by atoms with van der Waals surface area (Å²) in [4.78, 5) is 13.0. The summed E-state index contributed by atoms with van der Waals surface area (Å²) < 4.78 is 27.8. The van der Waals surface area contributed by atoms with Crippen molar-refractivity contribution < 1.29 is 13.2 Å². The number of hydrogen-bond acceptors (Lipinski definition) is 3. The third kappa shape index (κ3) is 4.09. The molecule has 1 amide bonds. The Labute approximate surface area is 171 Å². The monoisotopic (exact) mass is 420 g/mol. The SMILES string of the molecule is Cc1ccc(S(=O)(=O)N2CCCCC2C)cc1C(=O)Nc1cccc(Cl)c1C. The standard InChI is InChI=1S/C21H25ClN2O3S/c1-14-10-11-17(28(26,27)24-12-5-4-7-15(24)2)13-18(14)21(25)23-20-9-6-8-19(22)16(20)3/h6,8-11,13,15H,4-5,7,12H2,1-3H3,(H,23,25). The zero-order valence-electron chi connectivity index (χ0n) is 16.3. The number of benzene rings is 2. The maximum Gasteiger partial charge on any atom is 0.255 e. The van der Waals surface area contributed by atoms with E-state index in [9.17, 15) is 13.2 Å². The van der Waals surface area contributed by atoms with Crippen LogP contribution in [-0.4, -0.2) is 31.2 Å². The second kappa shape index (κ2) is 8.23. The van der Waals surface area contributed by atoms with E-state index in [1.165, 1.54) is 6.07 Å². The fourth-order valence-corrected chi connectivity index (χ4v) is 5.40. The smallest absolute Gasteiger partial charge is 0.255 e. The van der Waals surface area contributed by atoms with E-state index in [4.69, 9.17) is 11.6 Å². The molecule has 1 heterocycles. The number of aryl methyl sites for hydroxylation is 1. The van der Waals surface area contributed by atoms with Gasteiger partial charge in [0.15, 0.2) is 0 Å². The Bertz CT molecular complexity index is 1000. The van der Waals surface area contributed by atoms with Crippen molar-refractivity contribution >= 4 is 33.2 Å². The van der Waals surface area contributed by atoms with E-state index in [1.54, 1.807) is 41.6 Å². The van der Waals surface area contributed by atoms with E-state index >= 15 is 0 Å². The second-order valence-corrected chi connectivity index (χ2v) is 9.60. The number of piperidine rings is 1. The van der Waals surface area contributed by atoms with Crippen molar-refractivity contribution in [2.24, 2.45) is 0 Å². The van der Waals surface area contributed by atoms with Crippen LogP contribution in [-0.2, 0) is 10.0 Å². The Morgan fingerprint density at radius 3 is 2.64 bits per heavy atom. The third-order valence-corrected chi connectivity index (χ3v) is 7.74. The molecule has 0 radical (unpaired) electrons. The lowest BCUT2D eigenvalue weighted by Gasteiger charge is -2.32. The van der Waals surface area contributed by atoms with Crippen LogP contribution >= 0.6 is 11.6 Å². The first-order valence-electron chi connectivity index (χ1n) is 9.41. The van der Waals surface area contributed by atoms with Crippen LogP contribution in [0.5, 0.6) is 0 Å². The largest absolute Gasteiger partial charge is 0.322 e. The number of carbonyl (C=O) groups is 1. The Balaban J connectivity index is 1.93. The summed E-state index contributed by atoms with van der Waals surface area (Å²) >= 11 is 6.12. The molecule has 1 saturated heterocycles. The summed E-state index contributed by atoms with van der Waals surface area (Å²) in [6, 6.07) is 9.98. The first-order valence-corrected chi connectivity index (χ1v) is 11.2. The summed E-state index contributed by atoms with van der Waals surface area (Å²) in [5.74, 6) is -0.355. The Morgan fingerprint density at radius 2 is 1.93 bits per heavy atom. The van der Waals surface area contributed by atoms with Crippen LogP contribution in [0.4, 0.5) is 5.69 Å². The summed E-state index contributed by atoms with van der Waals surface area (Å²) in [5, 5.41) is 3.40. The van der Waals surface area contributed by atoms with Crippen molar-refractivity contribution in [1.82, 2.24) is 4.31 Å². The molecule has 1 unspecified atom stereocenters. The summed E-state index contributed by atoms with van der Waals surface area (Å²) in [6.07, 6.45) is 2.75.